The van der Waals surface area contributed by atoms with Gasteiger partial charge in [-0.1, -0.05) is 7.43 Å². The fourth-order valence-electron chi connectivity index (χ4n) is 5.33. The Hall–Kier alpha value is -5.84. The maximum absolute atomic E-state index is 12.1. The van der Waals surface area contributed by atoms with Crippen molar-refractivity contribution in [2.75, 3.05) is 89.1 Å². The highest BCUT2D eigenvalue weighted by molar-refractivity contribution is 6.03. The number of imide groups is 3. The third-order valence-corrected chi connectivity index (χ3v) is 8.35. The van der Waals surface area contributed by atoms with Crippen LogP contribution in [0.5, 0.6) is 0 Å². The number of quaternary nitrogens is 1. The summed E-state index contributed by atoms with van der Waals surface area (Å²) in [6.45, 7) is 4.51. The number of nitrogens with one attached hydrogen (secondary N) is 2. The van der Waals surface area contributed by atoms with Crippen molar-refractivity contribution in [2.45, 2.75) is 58.0 Å². The van der Waals surface area contributed by atoms with Crippen LogP contribution in [0.15, 0.2) is 20.0 Å². The van der Waals surface area contributed by atoms with E-state index in [1.54, 1.807) is 11.9 Å². The van der Waals surface area contributed by atoms with Crippen LogP contribution < -0.4 is 16.0 Å². The van der Waals surface area contributed by atoms with E-state index in [0.717, 1.165) is 35.9 Å². The summed E-state index contributed by atoms with van der Waals surface area (Å²) in [6.07, 6.45) is 2.99. The molecule has 57 heavy (non-hydrogen) atoms. The molecule has 3 saturated heterocycles. The van der Waals surface area contributed by atoms with E-state index in [1.807, 2.05) is 6.92 Å². The molecule has 0 bridgehead atoms. The fraction of sp³-hybridized carbons (Fsp3) is 0.667. The third kappa shape index (κ3) is 14.0. The Morgan fingerprint density at radius 1 is 0.860 bits per heavy atom. The summed E-state index contributed by atoms with van der Waals surface area (Å²) in [6, 6.07) is 0.469. The molecule has 0 spiro atoms. The number of hydroxylamine groups is 2. The zero-order chi connectivity index (χ0) is 42.9. The molecule has 3 fully saturated rings. The van der Waals surface area contributed by atoms with E-state index in [-0.39, 0.29) is 56.3 Å². The molecule has 24 heteroatoms. The number of nitrogens with two attached hydrogens (primary N) is 1. The lowest BCUT2D eigenvalue weighted by Gasteiger charge is -2.39. The molecule has 5 aliphatic rings. The van der Waals surface area contributed by atoms with Gasteiger partial charge in [0.25, 0.3) is 23.6 Å². The first-order chi connectivity index (χ1) is 26.4. The molecule has 0 aliphatic carbocycles. The number of likely N-dealkylation sites (N-methyl/N-ethyl adjacent to an activating group) is 5. The molecule has 24 nitrogen and oxygen atoms in total. The summed E-state index contributed by atoms with van der Waals surface area (Å²) in [4.78, 5) is 115. The monoisotopic (exact) mass is 811 g/mol. The molecule has 5 heterocycles. The Morgan fingerprint density at radius 3 is 1.65 bits per heavy atom. The first-order valence-corrected chi connectivity index (χ1v) is 17.5. The van der Waals surface area contributed by atoms with E-state index < -0.39 is 54.1 Å². The van der Waals surface area contributed by atoms with Crippen LogP contribution in [0.1, 0.15) is 33.6 Å². The van der Waals surface area contributed by atoms with Gasteiger partial charge in [-0.05, 0) is 14.0 Å². The highest BCUT2D eigenvalue weighted by Gasteiger charge is 2.49. The number of nitrogens with zero attached hydrogens (tertiary/aromatic N) is 11. The molecule has 5 rings (SSSR count). The SMILES string of the molecule is C.CCN=C=NCCC[NH+](C)C.CN.CN1C(=O)C2C(N=CN2CC(=O)O)N(C)C1=O.CNC(=O)CN1C=NC2C1C(=O)N(C)C(=O)N2C.O=C1CCC(=O)N1O. The van der Waals surface area contributed by atoms with Crippen molar-refractivity contribution in [1.29, 1.82) is 0 Å². The molecule has 9 amide bonds. The smallest absolute Gasteiger partial charge is 0.328 e. The van der Waals surface area contributed by atoms with E-state index in [1.165, 1.54) is 67.5 Å². The van der Waals surface area contributed by atoms with Crippen molar-refractivity contribution in [3.05, 3.63) is 0 Å². The first kappa shape index (κ1) is 51.2. The zero-order valence-electron chi connectivity index (χ0n) is 33.3. The van der Waals surface area contributed by atoms with Crippen molar-refractivity contribution >= 4 is 66.3 Å². The minimum absolute atomic E-state index is 0. The second-order valence-corrected chi connectivity index (χ2v) is 12.6. The molecular weight excluding hydrogens is 752 g/mol. The second-order valence-electron chi connectivity index (χ2n) is 12.6. The van der Waals surface area contributed by atoms with E-state index in [0.29, 0.717) is 0 Å². The summed E-state index contributed by atoms with van der Waals surface area (Å²) >= 11 is 0. The zero-order valence-corrected chi connectivity index (χ0v) is 33.3. The molecule has 5 aliphatic heterocycles. The predicted octanol–water partition coefficient (Wildman–Crippen LogP) is -3.62. The van der Waals surface area contributed by atoms with E-state index >= 15 is 0 Å². The van der Waals surface area contributed by atoms with E-state index in [4.69, 9.17) is 10.3 Å². The topological polar surface area (TPSA) is 292 Å². The van der Waals surface area contributed by atoms with Crippen molar-refractivity contribution < 1.29 is 53.6 Å². The summed E-state index contributed by atoms with van der Waals surface area (Å²) < 4.78 is 0. The van der Waals surface area contributed by atoms with Crippen LogP contribution in [0.2, 0.25) is 0 Å². The summed E-state index contributed by atoms with van der Waals surface area (Å²) in [7, 11) is 13.2. The maximum Gasteiger partial charge on any atom is 0.328 e. The number of carboxylic acids is 1. The maximum atomic E-state index is 12.1. The molecule has 0 aromatic rings. The number of aliphatic imine (C=N–C) groups is 4. The van der Waals surface area contributed by atoms with Crippen LogP contribution in [-0.4, -0.2) is 225 Å². The van der Waals surface area contributed by atoms with Crippen LogP contribution >= 0.6 is 0 Å². The Balaban J connectivity index is 0.000000748. The number of hydrogen-bond donors (Lipinski definition) is 5. The molecule has 320 valence electrons. The van der Waals surface area contributed by atoms with Crippen LogP contribution in [-0.2, 0) is 28.8 Å². The van der Waals surface area contributed by atoms with Gasteiger partial charge < -0.3 is 40.7 Å². The number of rotatable bonds is 9. The average Bonchev–Trinajstić information content (AvgIpc) is 3.87. The van der Waals surface area contributed by atoms with Gasteiger partial charge in [0.05, 0.1) is 52.4 Å². The van der Waals surface area contributed by atoms with Crippen molar-refractivity contribution in [1.82, 2.24) is 39.8 Å². The molecular formula is C33H59N14O10+. The standard InChI is InChI=1S/C10H15N5O3.C9H12N4O4.C8H17N3.C4H5NO3.CH5N.CH4/c1-11-6(16)4-15-5-12-8-7(15)9(17)14(3)10(18)13(8)2;1-11-7-6(8(16)12(2)9(11)17)13(4-10-7)3-5(14)15;1-4-9-8-10-6-5-7-11(2)3;6-3-1-2-4(7)5(3)8;1-2;/h5,7-8H,4H2,1-3H3,(H,11,16);4,6-7H,3H2,1-2H3,(H,14,15);4-7H2,1-3H3;8H,1-2H2;2H2,1H3;1H4/p+1. The lowest BCUT2D eigenvalue weighted by molar-refractivity contribution is -0.858. The molecule has 0 aromatic heterocycles. The number of carboxylic acid groups (broad SMARTS) is 1. The lowest BCUT2D eigenvalue weighted by Crippen LogP contribution is -3.05. The van der Waals surface area contributed by atoms with Crippen molar-refractivity contribution in [3.63, 3.8) is 0 Å². The van der Waals surface area contributed by atoms with Gasteiger partial charge in [0.15, 0.2) is 24.4 Å². The van der Waals surface area contributed by atoms with Crippen LogP contribution in [0, 0.1) is 0 Å². The van der Waals surface area contributed by atoms with Gasteiger partial charge in [0.1, 0.15) is 6.54 Å². The van der Waals surface area contributed by atoms with Crippen molar-refractivity contribution in [2.24, 2.45) is 25.7 Å². The quantitative estimate of drug-likeness (QED) is 0.0652. The highest BCUT2D eigenvalue weighted by atomic mass is 16.5. The molecule has 6 N–H and O–H groups in total. The summed E-state index contributed by atoms with van der Waals surface area (Å²) in [5.74, 6) is -3.05. The van der Waals surface area contributed by atoms with Gasteiger partial charge in [0, 0.05) is 61.0 Å². The van der Waals surface area contributed by atoms with Gasteiger partial charge in [-0.15, -0.1) is 0 Å². The summed E-state index contributed by atoms with van der Waals surface area (Å²) in [5.41, 5.74) is 4.50. The number of hydrogen-bond acceptors (Lipinski definition) is 16. The van der Waals surface area contributed by atoms with Crippen molar-refractivity contribution in [3.8, 4) is 0 Å². The Labute approximate surface area is 332 Å². The first-order valence-electron chi connectivity index (χ1n) is 17.5. The van der Waals surface area contributed by atoms with Crippen LogP contribution in [0.3, 0.4) is 0 Å². The number of carbonyl (C=O) groups is 8. The van der Waals surface area contributed by atoms with E-state index in [9.17, 15) is 38.4 Å². The average molecular weight is 812 g/mol. The largest absolute Gasteiger partial charge is 0.480 e. The van der Waals surface area contributed by atoms with Gasteiger partial charge in [0.2, 0.25) is 5.91 Å². The third-order valence-electron chi connectivity index (χ3n) is 8.35. The number of aliphatic carboxylic acids is 1. The Morgan fingerprint density at radius 2 is 1.30 bits per heavy atom. The number of amides is 9. The minimum Gasteiger partial charge on any atom is -0.480 e. The normalized spacial score (nSPS) is 21.5. The second kappa shape index (κ2) is 24.6. The Kier molecular flexibility index (Phi) is 22.1. The summed E-state index contributed by atoms with van der Waals surface area (Å²) in [5, 5.41) is 19.8. The van der Waals surface area contributed by atoms with Crippen LogP contribution in [0.4, 0.5) is 9.59 Å². The fourth-order valence-corrected chi connectivity index (χ4v) is 5.33. The Bertz CT molecular complexity index is 1550. The minimum atomic E-state index is -1.05. The van der Waals surface area contributed by atoms with E-state index in [2.05, 4.69) is 51.1 Å². The van der Waals surface area contributed by atoms with Crippen LogP contribution in [0.25, 0.3) is 0 Å². The molecule has 4 atom stereocenters. The van der Waals surface area contributed by atoms with Gasteiger partial charge in [-0.25, -0.2) is 29.6 Å². The van der Waals surface area contributed by atoms with Gasteiger partial charge in [-0.3, -0.25) is 43.8 Å². The number of carbonyl (C=O) groups excluding carboxylic acids is 7. The molecule has 0 aromatic carbocycles. The van der Waals surface area contributed by atoms with Gasteiger partial charge in [-0.2, -0.15) is 5.06 Å². The number of fused-ring (bicyclic) bond motifs is 2. The lowest BCUT2D eigenvalue weighted by atomic mass is 10.1. The molecule has 0 radical (unpaired) electrons. The molecule has 4 unspecified atom stereocenters. The molecule has 0 saturated carbocycles. The van der Waals surface area contributed by atoms with Gasteiger partial charge >= 0.3 is 18.0 Å². The highest BCUT2D eigenvalue weighted by Crippen LogP contribution is 2.25. The number of urea groups is 2. The predicted molar refractivity (Wildman–Crippen MR) is 206 cm³/mol.